The molecule has 0 aliphatic heterocycles. The van der Waals surface area contributed by atoms with Crippen LogP contribution in [-0.2, 0) is 11.0 Å². The van der Waals surface area contributed by atoms with E-state index in [2.05, 4.69) is 5.32 Å². The fourth-order valence-corrected chi connectivity index (χ4v) is 2.44. The fourth-order valence-electron chi connectivity index (χ4n) is 2.44. The Kier molecular flexibility index (Phi) is 5.40. The number of halogens is 3. The largest absolute Gasteiger partial charge is 0.481 e. The lowest BCUT2D eigenvalue weighted by atomic mass is 10.1. The van der Waals surface area contributed by atoms with Gasteiger partial charge in [-0.25, -0.2) is 0 Å². The van der Waals surface area contributed by atoms with Gasteiger partial charge in [-0.3, -0.25) is 4.79 Å². The number of amides is 1. The Hall–Kier alpha value is -2.50. The van der Waals surface area contributed by atoms with E-state index in [1.54, 1.807) is 6.07 Å². The molecular formula is C19H20F3NO2. The summed E-state index contributed by atoms with van der Waals surface area (Å²) in [5.74, 6) is -0.0977. The molecule has 1 amide bonds. The Labute approximate surface area is 144 Å². The molecule has 6 heteroatoms. The molecule has 1 N–H and O–H groups in total. The van der Waals surface area contributed by atoms with Gasteiger partial charge in [0, 0.05) is 0 Å². The van der Waals surface area contributed by atoms with Gasteiger partial charge in [0.2, 0.25) is 0 Å². The van der Waals surface area contributed by atoms with Crippen molar-refractivity contribution in [3.8, 4) is 5.75 Å². The first-order valence-electron chi connectivity index (χ1n) is 7.81. The minimum atomic E-state index is -4.54. The van der Waals surface area contributed by atoms with Gasteiger partial charge in [-0.1, -0.05) is 18.2 Å². The number of carbonyl (C=O) groups excluding carboxylic acids is 1. The van der Waals surface area contributed by atoms with Gasteiger partial charge in [-0.05, 0) is 62.6 Å². The quantitative estimate of drug-likeness (QED) is 0.838. The highest BCUT2D eigenvalue weighted by atomic mass is 19.4. The first kappa shape index (κ1) is 18.8. The average molecular weight is 351 g/mol. The smallest absolute Gasteiger partial charge is 0.418 e. The lowest BCUT2D eigenvalue weighted by Gasteiger charge is -2.19. The molecule has 0 aromatic heterocycles. The third kappa shape index (κ3) is 4.53. The summed E-state index contributed by atoms with van der Waals surface area (Å²) in [6.07, 6.45) is -5.49. The predicted molar refractivity (Wildman–Crippen MR) is 90.8 cm³/mol. The molecule has 0 heterocycles. The number of hydrogen-bond donors (Lipinski definition) is 1. The van der Waals surface area contributed by atoms with Gasteiger partial charge in [0.1, 0.15) is 5.75 Å². The van der Waals surface area contributed by atoms with Crippen LogP contribution in [0.2, 0.25) is 0 Å². The molecule has 0 aliphatic carbocycles. The lowest BCUT2D eigenvalue weighted by Crippen LogP contribution is -2.31. The Bertz CT molecular complexity index is 785. The number of benzene rings is 2. The van der Waals surface area contributed by atoms with Gasteiger partial charge in [-0.2, -0.15) is 13.2 Å². The number of hydrogen-bond acceptors (Lipinski definition) is 2. The van der Waals surface area contributed by atoms with Crippen LogP contribution in [0.15, 0.2) is 36.4 Å². The topological polar surface area (TPSA) is 38.3 Å². The standard InChI is InChI=1S/C19H20F3NO2/c1-11-9-12(2)13(3)17(10-11)25-14(4)18(24)23-16-8-6-5-7-15(16)19(20,21)22/h5-10,14H,1-4H3,(H,23,24)/t14-/m1/s1. The maximum absolute atomic E-state index is 13.0. The second-order valence-corrected chi connectivity index (χ2v) is 6.00. The van der Waals surface area contributed by atoms with Gasteiger partial charge >= 0.3 is 6.18 Å². The third-order valence-electron chi connectivity index (χ3n) is 3.93. The fraction of sp³-hybridized carbons (Fsp3) is 0.316. The second kappa shape index (κ2) is 7.17. The monoisotopic (exact) mass is 351 g/mol. The van der Waals surface area contributed by atoms with E-state index in [0.29, 0.717) is 5.75 Å². The van der Waals surface area contributed by atoms with E-state index in [-0.39, 0.29) is 5.69 Å². The summed E-state index contributed by atoms with van der Waals surface area (Å²) in [6.45, 7) is 7.21. The molecule has 2 aromatic carbocycles. The van der Waals surface area contributed by atoms with Gasteiger partial charge in [0.05, 0.1) is 11.3 Å². The number of rotatable bonds is 4. The number of para-hydroxylation sites is 1. The molecule has 0 aliphatic rings. The van der Waals surface area contributed by atoms with Crippen LogP contribution in [0.4, 0.5) is 18.9 Å². The average Bonchev–Trinajstić information content (AvgIpc) is 2.51. The van der Waals surface area contributed by atoms with Crippen LogP contribution < -0.4 is 10.1 Å². The zero-order valence-electron chi connectivity index (χ0n) is 14.5. The molecule has 0 saturated carbocycles. The third-order valence-corrected chi connectivity index (χ3v) is 3.93. The van der Waals surface area contributed by atoms with Crippen LogP contribution in [0.1, 0.15) is 29.2 Å². The van der Waals surface area contributed by atoms with Crippen LogP contribution in [0, 0.1) is 20.8 Å². The lowest BCUT2D eigenvalue weighted by molar-refractivity contribution is -0.137. The van der Waals surface area contributed by atoms with E-state index in [1.807, 2.05) is 26.8 Å². The minimum Gasteiger partial charge on any atom is -0.481 e. The van der Waals surface area contributed by atoms with Crippen LogP contribution >= 0.6 is 0 Å². The van der Waals surface area contributed by atoms with E-state index < -0.39 is 23.8 Å². The highest BCUT2D eigenvalue weighted by Gasteiger charge is 2.34. The van der Waals surface area contributed by atoms with Crippen molar-refractivity contribution in [3.05, 3.63) is 58.7 Å². The molecule has 0 radical (unpaired) electrons. The maximum Gasteiger partial charge on any atom is 0.418 e. The SMILES string of the molecule is Cc1cc(C)c(C)c(O[C@H](C)C(=O)Nc2ccccc2C(F)(F)F)c1. The number of carbonyl (C=O) groups is 1. The normalized spacial score (nSPS) is 12.6. The first-order valence-corrected chi connectivity index (χ1v) is 7.81. The first-order chi connectivity index (χ1) is 11.6. The Morgan fingerprint density at radius 1 is 1.12 bits per heavy atom. The van der Waals surface area contributed by atoms with E-state index in [1.165, 1.54) is 25.1 Å². The minimum absolute atomic E-state index is 0.285. The summed E-state index contributed by atoms with van der Waals surface area (Å²) in [6, 6.07) is 8.65. The second-order valence-electron chi connectivity index (χ2n) is 6.00. The zero-order chi connectivity index (χ0) is 18.8. The van der Waals surface area contributed by atoms with Crippen molar-refractivity contribution in [3.63, 3.8) is 0 Å². The van der Waals surface area contributed by atoms with Crippen molar-refractivity contribution >= 4 is 11.6 Å². The molecule has 134 valence electrons. The van der Waals surface area contributed by atoms with Crippen LogP contribution in [0.25, 0.3) is 0 Å². The maximum atomic E-state index is 13.0. The molecule has 0 fully saturated rings. The van der Waals surface area contributed by atoms with Gasteiger partial charge in [0.15, 0.2) is 6.10 Å². The summed E-state index contributed by atoms with van der Waals surface area (Å²) in [5.41, 5.74) is 1.71. The molecule has 1 atom stereocenters. The Morgan fingerprint density at radius 2 is 1.76 bits per heavy atom. The molecule has 0 bridgehead atoms. The number of aryl methyl sites for hydroxylation is 2. The van der Waals surface area contributed by atoms with Gasteiger partial charge in [-0.15, -0.1) is 0 Å². The van der Waals surface area contributed by atoms with E-state index in [0.717, 1.165) is 22.8 Å². The molecule has 25 heavy (non-hydrogen) atoms. The summed E-state index contributed by atoms with van der Waals surface area (Å²) >= 11 is 0. The Morgan fingerprint density at radius 3 is 2.40 bits per heavy atom. The van der Waals surface area contributed by atoms with Crippen molar-refractivity contribution < 1.29 is 22.7 Å². The predicted octanol–water partition coefficient (Wildman–Crippen LogP) is 5.04. The summed E-state index contributed by atoms with van der Waals surface area (Å²) < 4.78 is 44.7. The molecule has 2 rings (SSSR count). The number of alkyl halides is 3. The summed E-state index contributed by atoms with van der Waals surface area (Å²) in [5, 5.41) is 2.30. The van der Waals surface area contributed by atoms with Crippen molar-refractivity contribution in [2.45, 2.75) is 40.0 Å². The van der Waals surface area contributed by atoms with Gasteiger partial charge < -0.3 is 10.1 Å². The van der Waals surface area contributed by atoms with E-state index >= 15 is 0 Å². The van der Waals surface area contributed by atoms with E-state index in [4.69, 9.17) is 4.74 Å². The number of nitrogens with one attached hydrogen (secondary N) is 1. The summed E-state index contributed by atoms with van der Waals surface area (Å²) in [7, 11) is 0. The van der Waals surface area contributed by atoms with Crippen LogP contribution in [0.3, 0.4) is 0 Å². The number of ether oxygens (including phenoxy) is 1. The van der Waals surface area contributed by atoms with Gasteiger partial charge in [0.25, 0.3) is 5.91 Å². The van der Waals surface area contributed by atoms with Crippen LogP contribution in [-0.4, -0.2) is 12.0 Å². The van der Waals surface area contributed by atoms with Crippen molar-refractivity contribution in [1.29, 1.82) is 0 Å². The van der Waals surface area contributed by atoms with Crippen molar-refractivity contribution in [2.24, 2.45) is 0 Å². The van der Waals surface area contributed by atoms with Crippen molar-refractivity contribution in [1.82, 2.24) is 0 Å². The zero-order valence-corrected chi connectivity index (χ0v) is 14.5. The summed E-state index contributed by atoms with van der Waals surface area (Å²) in [4.78, 5) is 12.3. The highest BCUT2D eigenvalue weighted by Crippen LogP contribution is 2.34. The van der Waals surface area contributed by atoms with Crippen LogP contribution in [0.5, 0.6) is 5.75 Å². The number of anilines is 1. The molecule has 0 spiro atoms. The molecule has 2 aromatic rings. The Balaban J connectivity index is 2.17. The molecule has 3 nitrogen and oxygen atoms in total. The van der Waals surface area contributed by atoms with E-state index in [9.17, 15) is 18.0 Å². The highest BCUT2D eigenvalue weighted by molar-refractivity contribution is 5.94. The molecule has 0 unspecified atom stereocenters. The molecule has 0 saturated heterocycles. The van der Waals surface area contributed by atoms with Crippen molar-refractivity contribution in [2.75, 3.05) is 5.32 Å². The molecular weight excluding hydrogens is 331 g/mol.